The van der Waals surface area contributed by atoms with Gasteiger partial charge < -0.3 is 15.3 Å². The Balaban J connectivity index is 2.57. The van der Waals surface area contributed by atoms with Gasteiger partial charge in [-0.15, -0.1) is 0 Å². The molecular weight excluding hydrogens is 182 g/mol. The van der Waals surface area contributed by atoms with Crippen LogP contribution in [0.2, 0.25) is 0 Å². The first kappa shape index (κ1) is 11.9. The van der Waals surface area contributed by atoms with Gasteiger partial charge in [-0.05, 0) is 12.3 Å². The van der Waals surface area contributed by atoms with Gasteiger partial charge in [0.15, 0.2) is 0 Å². The molecule has 0 radical (unpaired) electrons. The van der Waals surface area contributed by atoms with Crippen molar-refractivity contribution in [1.29, 1.82) is 0 Å². The Morgan fingerprint density at radius 1 is 1.36 bits per heavy atom. The molecule has 3 N–H and O–H groups in total. The normalized spacial score (nSPS) is 35.1. The molecule has 1 aliphatic rings. The molecule has 3 atom stereocenters. The Labute approximate surface area is 85.2 Å². The minimum absolute atomic E-state index is 0.0923. The lowest BCUT2D eigenvalue weighted by atomic mass is 9.95. The predicted octanol–water partition coefficient (Wildman–Crippen LogP) is -0.569. The van der Waals surface area contributed by atoms with Crippen molar-refractivity contribution >= 4 is 0 Å². The fraction of sp³-hybridized carbons (Fsp3) is 1.00. The van der Waals surface area contributed by atoms with E-state index in [1.54, 1.807) is 0 Å². The van der Waals surface area contributed by atoms with E-state index in [0.717, 1.165) is 13.1 Å². The van der Waals surface area contributed by atoms with Crippen LogP contribution in [0.15, 0.2) is 0 Å². The molecule has 0 aromatic rings. The van der Waals surface area contributed by atoms with Crippen LogP contribution in [-0.2, 0) is 0 Å². The van der Waals surface area contributed by atoms with E-state index in [2.05, 4.69) is 18.7 Å². The molecule has 1 aliphatic heterocycles. The molecule has 4 nitrogen and oxygen atoms in total. The lowest BCUT2D eigenvalue weighted by Crippen LogP contribution is -2.57. The number of aliphatic hydroxyl groups is 3. The maximum absolute atomic E-state index is 9.67. The van der Waals surface area contributed by atoms with Gasteiger partial charge in [0.25, 0.3) is 0 Å². The molecule has 1 rings (SSSR count). The van der Waals surface area contributed by atoms with Crippen LogP contribution in [0.25, 0.3) is 0 Å². The van der Waals surface area contributed by atoms with Gasteiger partial charge in [0.05, 0.1) is 24.9 Å². The second-order valence-corrected chi connectivity index (χ2v) is 4.49. The van der Waals surface area contributed by atoms with Crippen molar-refractivity contribution in [2.24, 2.45) is 5.92 Å². The summed E-state index contributed by atoms with van der Waals surface area (Å²) in [6.07, 6.45) is -0.909. The van der Waals surface area contributed by atoms with Gasteiger partial charge in [-0.25, -0.2) is 0 Å². The third-order valence-corrected chi connectivity index (χ3v) is 2.76. The summed E-state index contributed by atoms with van der Waals surface area (Å²) in [6, 6.07) is -0.304. The minimum Gasteiger partial charge on any atom is -0.395 e. The van der Waals surface area contributed by atoms with Gasteiger partial charge in [0, 0.05) is 13.1 Å². The molecule has 0 unspecified atom stereocenters. The molecule has 0 amide bonds. The summed E-state index contributed by atoms with van der Waals surface area (Å²) in [5, 5.41) is 28.3. The van der Waals surface area contributed by atoms with Crippen LogP contribution < -0.4 is 0 Å². The van der Waals surface area contributed by atoms with E-state index >= 15 is 0 Å². The van der Waals surface area contributed by atoms with Gasteiger partial charge in [-0.2, -0.15) is 0 Å². The number of hydrogen-bond acceptors (Lipinski definition) is 4. The Morgan fingerprint density at radius 3 is 2.50 bits per heavy atom. The van der Waals surface area contributed by atoms with Crippen LogP contribution in [0.5, 0.6) is 0 Å². The van der Waals surface area contributed by atoms with E-state index < -0.39 is 12.2 Å². The second kappa shape index (κ2) is 5.07. The Hall–Kier alpha value is -0.160. The van der Waals surface area contributed by atoms with E-state index in [4.69, 9.17) is 5.11 Å². The molecule has 0 saturated carbocycles. The first-order valence-electron chi connectivity index (χ1n) is 5.27. The number of hydrogen-bond donors (Lipinski definition) is 3. The average molecular weight is 203 g/mol. The highest BCUT2D eigenvalue weighted by molar-refractivity contribution is 4.89. The fourth-order valence-corrected chi connectivity index (χ4v) is 2.03. The lowest BCUT2D eigenvalue weighted by molar-refractivity contribution is -0.0918. The van der Waals surface area contributed by atoms with Crippen LogP contribution in [0, 0.1) is 5.92 Å². The van der Waals surface area contributed by atoms with E-state index in [0.29, 0.717) is 12.3 Å². The smallest absolute Gasteiger partial charge is 0.0976 e. The van der Waals surface area contributed by atoms with E-state index in [9.17, 15) is 10.2 Å². The molecular formula is C10H21NO3. The van der Waals surface area contributed by atoms with Crippen LogP contribution >= 0.6 is 0 Å². The molecule has 14 heavy (non-hydrogen) atoms. The van der Waals surface area contributed by atoms with Gasteiger partial charge in [-0.3, -0.25) is 4.90 Å². The summed E-state index contributed by atoms with van der Waals surface area (Å²) < 4.78 is 0. The van der Waals surface area contributed by atoms with Gasteiger partial charge >= 0.3 is 0 Å². The second-order valence-electron chi connectivity index (χ2n) is 4.49. The zero-order chi connectivity index (χ0) is 10.7. The van der Waals surface area contributed by atoms with Crippen molar-refractivity contribution in [3.05, 3.63) is 0 Å². The van der Waals surface area contributed by atoms with E-state index in [1.165, 1.54) is 0 Å². The molecule has 0 aliphatic carbocycles. The maximum atomic E-state index is 9.67. The number of aliphatic hydroxyl groups excluding tert-OH is 3. The highest BCUT2D eigenvalue weighted by Gasteiger charge is 2.35. The first-order chi connectivity index (χ1) is 6.56. The van der Waals surface area contributed by atoms with Crippen LogP contribution in [0.3, 0.4) is 0 Å². The third-order valence-electron chi connectivity index (χ3n) is 2.76. The van der Waals surface area contributed by atoms with Gasteiger partial charge in [0.2, 0.25) is 0 Å². The molecule has 1 saturated heterocycles. The van der Waals surface area contributed by atoms with Gasteiger partial charge in [0.1, 0.15) is 0 Å². The summed E-state index contributed by atoms with van der Waals surface area (Å²) in [5.74, 6) is 0.506. The summed E-state index contributed by atoms with van der Waals surface area (Å²) >= 11 is 0. The summed E-state index contributed by atoms with van der Waals surface area (Å²) in [5.41, 5.74) is 0. The van der Waals surface area contributed by atoms with Crippen LogP contribution in [0.4, 0.5) is 0 Å². The number of rotatable bonds is 3. The van der Waals surface area contributed by atoms with Crippen LogP contribution in [-0.4, -0.2) is 58.2 Å². The fourth-order valence-electron chi connectivity index (χ4n) is 2.03. The molecule has 1 fully saturated rings. The van der Waals surface area contributed by atoms with Gasteiger partial charge in [-0.1, -0.05) is 13.8 Å². The molecule has 0 aromatic carbocycles. The number of nitrogens with zero attached hydrogens (tertiary/aromatic N) is 1. The van der Waals surface area contributed by atoms with E-state index in [1.807, 2.05) is 0 Å². The van der Waals surface area contributed by atoms with Crippen molar-refractivity contribution in [2.45, 2.75) is 38.5 Å². The largest absolute Gasteiger partial charge is 0.395 e. The average Bonchev–Trinajstić information content (AvgIpc) is 2.11. The molecule has 0 bridgehead atoms. The third kappa shape index (κ3) is 2.67. The first-order valence-corrected chi connectivity index (χ1v) is 5.27. The highest BCUT2D eigenvalue weighted by atomic mass is 16.3. The Bertz CT molecular complexity index is 175. The summed E-state index contributed by atoms with van der Waals surface area (Å²) in [7, 11) is 0. The highest BCUT2D eigenvalue weighted by Crippen LogP contribution is 2.19. The van der Waals surface area contributed by atoms with E-state index in [-0.39, 0.29) is 12.6 Å². The molecule has 0 spiro atoms. The van der Waals surface area contributed by atoms with Crippen LogP contribution in [0.1, 0.15) is 20.3 Å². The number of piperidine rings is 1. The Kier molecular flexibility index (Phi) is 4.31. The lowest BCUT2D eigenvalue weighted by Gasteiger charge is -2.41. The standard InChI is InChI=1S/C10H21NO3/c1-7(2)5-11-4-3-9(13)10(14)8(11)6-12/h7-10,12-14H,3-6H2,1-2H3/t8-,9-,10-/m1/s1. The summed E-state index contributed by atoms with van der Waals surface area (Å²) in [4.78, 5) is 2.06. The van der Waals surface area contributed by atoms with Crippen molar-refractivity contribution in [1.82, 2.24) is 4.90 Å². The predicted molar refractivity (Wildman–Crippen MR) is 53.9 cm³/mol. The SMILES string of the molecule is CC(C)CN1CC[C@@H](O)[C@H](O)[C@H]1CO. The topological polar surface area (TPSA) is 63.9 Å². The maximum Gasteiger partial charge on any atom is 0.0976 e. The van der Waals surface area contributed by atoms with Crippen molar-refractivity contribution < 1.29 is 15.3 Å². The van der Waals surface area contributed by atoms with Crippen molar-refractivity contribution in [3.63, 3.8) is 0 Å². The molecule has 1 heterocycles. The quantitative estimate of drug-likeness (QED) is 0.575. The zero-order valence-corrected chi connectivity index (χ0v) is 8.93. The molecule has 0 aromatic heterocycles. The zero-order valence-electron chi connectivity index (χ0n) is 8.93. The number of likely N-dealkylation sites (tertiary alicyclic amines) is 1. The monoisotopic (exact) mass is 203 g/mol. The molecule has 4 heteroatoms. The van der Waals surface area contributed by atoms with Crippen molar-refractivity contribution in [2.75, 3.05) is 19.7 Å². The minimum atomic E-state index is -0.813. The Morgan fingerprint density at radius 2 is 2.00 bits per heavy atom. The molecule has 84 valence electrons. The summed E-state index contributed by atoms with van der Waals surface area (Å²) in [6.45, 7) is 5.72. The van der Waals surface area contributed by atoms with Crippen molar-refractivity contribution in [3.8, 4) is 0 Å².